The van der Waals surface area contributed by atoms with E-state index in [1.54, 1.807) is 0 Å². The van der Waals surface area contributed by atoms with Crippen molar-refractivity contribution in [1.29, 1.82) is 0 Å². The summed E-state index contributed by atoms with van der Waals surface area (Å²) < 4.78 is 0. The second-order valence-corrected chi connectivity index (χ2v) is 3.89. The summed E-state index contributed by atoms with van der Waals surface area (Å²) >= 11 is 0. The minimum atomic E-state index is -0.0510. The Bertz CT molecular complexity index is 316. The molecular formula is C12H15NO. The standard InChI is InChI=1S/C12H15NO/c1-9(13-11-7-8-11)12(14)10-5-3-2-4-6-10/h2-6,9,11,13H,7-8H2,1H3. The molecular weight excluding hydrogens is 174 g/mol. The van der Waals surface area contributed by atoms with Crippen LogP contribution in [0.15, 0.2) is 30.3 Å². The molecule has 0 radical (unpaired) electrons. The molecule has 0 spiro atoms. The SMILES string of the molecule is CC(NC1CC1)C(=O)c1ccccc1. The zero-order chi connectivity index (χ0) is 9.97. The van der Waals surface area contributed by atoms with E-state index in [2.05, 4.69) is 5.32 Å². The van der Waals surface area contributed by atoms with Gasteiger partial charge in [-0.3, -0.25) is 4.79 Å². The molecule has 1 atom stereocenters. The third kappa shape index (κ3) is 2.20. The van der Waals surface area contributed by atoms with E-state index in [0.29, 0.717) is 6.04 Å². The van der Waals surface area contributed by atoms with E-state index in [1.807, 2.05) is 37.3 Å². The van der Waals surface area contributed by atoms with Crippen molar-refractivity contribution in [3.05, 3.63) is 35.9 Å². The van der Waals surface area contributed by atoms with Crippen LogP contribution in [0.4, 0.5) is 0 Å². The third-order valence-corrected chi connectivity index (χ3v) is 2.51. The van der Waals surface area contributed by atoms with Gasteiger partial charge in [0.15, 0.2) is 5.78 Å². The Morgan fingerprint density at radius 2 is 2.00 bits per heavy atom. The molecule has 1 aromatic rings. The number of nitrogens with one attached hydrogen (secondary N) is 1. The molecule has 74 valence electrons. The predicted molar refractivity (Wildman–Crippen MR) is 56.4 cm³/mol. The lowest BCUT2D eigenvalue weighted by Crippen LogP contribution is -2.35. The number of hydrogen-bond donors (Lipinski definition) is 1. The molecule has 0 saturated heterocycles. The third-order valence-electron chi connectivity index (χ3n) is 2.51. The summed E-state index contributed by atoms with van der Waals surface area (Å²) in [5, 5.41) is 3.30. The molecule has 2 nitrogen and oxygen atoms in total. The van der Waals surface area contributed by atoms with E-state index in [4.69, 9.17) is 0 Å². The molecule has 0 aliphatic heterocycles. The number of ketones is 1. The van der Waals surface area contributed by atoms with Crippen LogP contribution in [0.2, 0.25) is 0 Å². The molecule has 0 heterocycles. The Labute approximate surface area is 84.3 Å². The van der Waals surface area contributed by atoms with Gasteiger partial charge >= 0.3 is 0 Å². The lowest BCUT2D eigenvalue weighted by atomic mass is 10.1. The number of carbonyl (C=O) groups is 1. The average molecular weight is 189 g/mol. The first-order valence-corrected chi connectivity index (χ1v) is 5.12. The topological polar surface area (TPSA) is 29.1 Å². The molecule has 0 amide bonds. The molecule has 1 N–H and O–H groups in total. The van der Waals surface area contributed by atoms with Gasteiger partial charge in [-0.15, -0.1) is 0 Å². The zero-order valence-corrected chi connectivity index (χ0v) is 8.36. The summed E-state index contributed by atoms with van der Waals surface area (Å²) in [6.07, 6.45) is 2.43. The highest BCUT2D eigenvalue weighted by Gasteiger charge is 2.25. The molecule has 1 unspecified atom stereocenters. The molecule has 0 aromatic heterocycles. The fourth-order valence-corrected chi connectivity index (χ4v) is 1.53. The number of benzene rings is 1. The number of carbonyl (C=O) groups excluding carboxylic acids is 1. The Morgan fingerprint density at radius 1 is 1.36 bits per heavy atom. The minimum Gasteiger partial charge on any atom is -0.305 e. The van der Waals surface area contributed by atoms with E-state index in [0.717, 1.165) is 5.56 Å². The highest BCUT2D eigenvalue weighted by atomic mass is 16.1. The van der Waals surface area contributed by atoms with Crippen molar-refractivity contribution >= 4 is 5.78 Å². The second-order valence-electron chi connectivity index (χ2n) is 3.89. The maximum absolute atomic E-state index is 11.8. The van der Waals surface area contributed by atoms with Gasteiger partial charge in [-0.25, -0.2) is 0 Å². The van der Waals surface area contributed by atoms with Crippen LogP contribution in [-0.4, -0.2) is 17.9 Å². The number of hydrogen-bond acceptors (Lipinski definition) is 2. The van der Waals surface area contributed by atoms with E-state index >= 15 is 0 Å². The normalized spacial score (nSPS) is 17.8. The first-order valence-electron chi connectivity index (χ1n) is 5.12. The Balaban J connectivity index is 1.99. The Morgan fingerprint density at radius 3 is 2.57 bits per heavy atom. The van der Waals surface area contributed by atoms with Crippen molar-refractivity contribution in [2.45, 2.75) is 31.8 Å². The highest BCUT2D eigenvalue weighted by molar-refractivity contribution is 5.99. The van der Waals surface area contributed by atoms with Gasteiger partial charge in [0, 0.05) is 11.6 Å². The van der Waals surface area contributed by atoms with Crippen LogP contribution in [-0.2, 0) is 0 Å². The van der Waals surface area contributed by atoms with E-state index in [1.165, 1.54) is 12.8 Å². The van der Waals surface area contributed by atoms with Gasteiger partial charge in [0.25, 0.3) is 0 Å². The van der Waals surface area contributed by atoms with Crippen LogP contribution in [0.3, 0.4) is 0 Å². The molecule has 14 heavy (non-hydrogen) atoms. The number of Topliss-reactive ketones (excluding diaryl/α,β-unsaturated/α-hetero) is 1. The first kappa shape index (κ1) is 9.41. The van der Waals surface area contributed by atoms with Crippen molar-refractivity contribution in [3.8, 4) is 0 Å². The molecule has 0 bridgehead atoms. The van der Waals surface area contributed by atoms with Crippen LogP contribution in [0.1, 0.15) is 30.1 Å². The molecule has 1 saturated carbocycles. The Hall–Kier alpha value is -1.15. The largest absolute Gasteiger partial charge is 0.305 e. The van der Waals surface area contributed by atoms with Crippen molar-refractivity contribution in [2.75, 3.05) is 0 Å². The van der Waals surface area contributed by atoms with Gasteiger partial charge in [0.2, 0.25) is 0 Å². The average Bonchev–Trinajstić information content (AvgIpc) is 3.02. The van der Waals surface area contributed by atoms with Crippen LogP contribution in [0.25, 0.3) is 0 Å². The summed E-state index contributed by atoms with van der Waals surface area (Å²) in [5.41, 5.74) is 0.799. The molecule has 1 aliphatic rings. The van der Waals surface area contributed by atoms with E-state index in [-0.39, 0.29) is 11.8 Å². The van der Waals surface area contributed by atoms with Gasteiger partial charge in [-0.1, -0.05) is 30.3 Å². The summed E-state index contributed by atoms with van der Waals surface area (Å²) in [7, 11) is 0. The number of rotatable bonds is 4. The minimum absolute atomic E-state index is 0.0510. The Kier molecular flexibility index (Phi) is 2.64. The molecule has 2 rings (SSSR count). The molecule has 2 heteroatoms. The van der Waals surface area contributed by atoms with Crippen LogP contribution < -0.4 is 5.32 Å². The van der Waals surface area contributed by atoms with Crippen LogP contribution in [0, 0.1) is 0 Å². The maximum Gasteiger partial charge on any atom is 0.179 e. The summed E-state index contributed by atoms with van der Waals surface area (Å²) in [6.45, 7) is 1.94. The van der Waals surface area contributed by atoms with Crippen LogP contribution >= 0.6 is 0 Å². The van der Waals surface area contributed by atoms with Crippen molar-refractivity contribution in [2.24, 2.45) is 0 Å². The molecule has 1 aliphatic carbocycles. The second kappa shape index (κ2) is 3.93. The molecule has 1 aromatic carbocycles. The zero-order valence-electron chi connectivity index (χ0n) is 8.36. The van der Waals surface area contributed by atoms with Gasteiger partial charge in [-0.2, -0.15) is 0 Å². The van der Waals surface area contributed by atoms with Crippen molar-refractivity contribution in [3.63, 3.8) is 0 Å². The lowest BCUT2D eigenvalue weighted by Gasteiger charge is -2.11. The maximum atomic E-state index is 11.8. The molecule has 1 fully saturated rings. The highest BCUT2D eigenvalue weighted by Crippen LogP contribution is 2.20. The van der Waals surface area contributed by atoms with E-state index in [9.17, 15) is 4.79 Å². The van der Waals surface area contributed by atoms with Gasteiger partial charge in [0.1, 0.15) is 0 Å². The predicted octanol–water partition coefficient (Wildman–Crippen LogP) is 2.01. The van der Waals surface area contributed by atoms with Gasteiger partial charge in [0.05, 0.1) is 6.04 Å². The first-order chi connectivity index (χ1) is 6.77. The van der Waals surface area contributed by atoms with Crippen molar-refractivity contribution in [1.82, 2.24) is 5.32 Å². The van der Waals surface area contributed by atoms with Gasteiger partial charge in [-0.05, 0) is 19.8 Å². The quantitative estimate of drug-likeness (QED) is 0.734. The fourth-order valence-electron chi connectivity index (χ4n) is 1.53. The van der Waals surface area contributed by atoms with Gasteiger partial charge < -0.3 is 5.32 Å². The fraction of sp³-hybridized carbons (Fsp3) is 0.417. The smallest absolute Gasteiger partial charge is 0.179 e. The van der Waals surface area contributed by atoms with Crippen molar-refractivity contribution < 1.29 is 4.79 Å². The van der Waals surface area contributed by atoms with Crippen LogP contribution in [0.5, 0.6) is 0 Å². The summed E-state index contributed by atoms with van der Waals surface area (Å²) in [6, 6.07) is 9.99. The van der Waals surface area contributed by atoms with E-state index < -0.39 is 0 Å². The summed E-state index contributed by atoms with van der Waals surface area (Å²) in [4.78, 5) is 11.8. The monoisotopic (exact) mass is 189 g/mol. The lowest BCUT2D eigenvalue weighted by molar-refractivity contribution is 0.0950. The summed E-state index contributed by atoms with van der Waals surface area (Å²) in [5.74, 6) is 0.192.